The Kier molecular flexibility index (Phi) is 4.31. The van der Waals surface area contributed by atoms with Crippen LogP contribution < -0.4 is 14.8 Å². The van der Waals surface area contributed by atoms with Gasteiger partial charge in [-0.05, 0) is 31.2 Å². The van der Waals surface area contributed by atoms with Gasteiger partial charge in [0.2, 0.25) is 0 Å². The van der Waals surface area contributed by atoms with Gasteiger partial charge in [0, 0.05) is 24.0 Å². The van der Waals surface area contributed by atoms with E-state index in [2.05, 4.69) is 28.3 Å². The molecule has 0 saturated carbocycles. The summed E-state index contributed by atoms with van der Waals surface area (Å²) in [6.45, 7) is 4.20. The molecule has 2 heterocycles. The molecule has 0 bridgehead atoms. The van der Waals surface area contributed by atoms with Crippen LogP contribution in [0.1, 0.15) is 30.8 Å². The summed E-state index contributed by atoms with van der Waals surface area (Å²) < 4.78 is 11.4. The Bertz CT molecular complexity index is 589. The van der Waals surface area contributed by atoms with Crippen LogP contribution in [0.5, 0.6) is 11.5 Å². The van der Waals surface area contributed by atoms with Gasteiger partial charge in [-0.2, -0.15) is 0 Å². The highest BCUT2D eigenvalue weighted by atomic mass is 16.5. The molecule has 5 nitrogen and oxygen atoms in total. The average Bonchev–Trinajstić information content (AvgIpc) is 2.94. The van der Waals surface area contributed by atoms with Crippen LogP contribution in [0.4, 0.5) is 0 Å². The van der Waals surface area contributed by atoms with Gasteiger partial charge in [-0.3, -0.25) is 0 Å². The molecule has 0 aliphatic carbocycles. The van der Waals surface area contributed by atoms with E-state index in [0.717, 1.165) is 24.5 Å². The summed E-state index contributed by atoms with van der Waals surface area (Å²) in [5.74, 6) is 2.34. The molecule has 2 aromatic rings. The Labute approximate surface area is 124 Å². The SMILES string of the molecule is CCCNC1COc2cc(OCc3ncccn3)ccc21. The summed E-state index contributed by atoms with van der Waals surface area (Å²) >= 11 is 0. The van der Waals surface area contributed by atoms with Crippen LogP contribution in [0.3, 0.4) is 0 Å². The third-order valence-electron chi connectivity index (χ3n) is 3.39. The molecule has 1 unspecified atom stereocenters. The van der Waals surface area contributed by atoms with Crippen LogP contribution in [-0.4, -0.2) is 23.1 Å². The number of nitrogens with zero attached hydrogens (tertiary/aromatic N) is 2. The molecule has 0 saturated heterocycles. The van der Waals surface area contributed by atoms with Crippen LogP contribution in [0.2, 0.25) is 0 Å². The fourth-order valence-electron chi connectivity index (χ4n) is 2.32. The number of hydrogen-bond acceptors (Lipinski definition) is 5. The van der Waals surface area contributed by atoms with Gasteiger partial charge in [-0.25, -0.2) is 9.97 Å². The van der Waals surface area contributed by atoms with Crippen molar-refractivity contribution in [3.8, 4) is 11.5 Å². The third kappa shape index (κ3) is 3.31. The first-order valence-corrected chi connectivity index (χ1v) is 7.25. The monoisotopic (exact) mass is 285 g/mol. The summed E-state index contributed by atoms with van der Waals surface area (Å²) in [5.41, 5.74) is 1.20. The molecule has 1 N–H and O–H groups in total. The first kappa shape index (κ1) is 13.8. The number of aromatic nitrogens is 2. The number of benzene rings is 1. The second kappa shape index (κ2) is 6.54. The minimum absolute atomic E-state index is 0.284. The topological polar surface area (TPSA) is 56.3 Å². The van der Waals surface area contributed by atoms with Crippen LogP contribution in [0.15, 0.2) is 36.7 Å². The smallest absolute Gasteiger partial charge is 0.166 e. The molecule has 1 aliphatic rings. The van der Waals surface area contributed by atoms with Gasteiger partial charge in [0.05, 0.1) is 6.04 Å². The van der Waals surface area contributed by atoms with Crippen LogP contribution in [-0.2, 0) is 6.61 Å². The van der Waals surface area contributed by atoms with Crippen molar-refractivity contribution in [2.24, 2.45) is 0 Å². The van der Waals surface area contributed by atoms with Gasteiger partial charge >= 0.3 is 0 Å². The molecule has 3 rings (SSSR count). The maximum Gasteiger partial charge on any atom is 0.166 e. The zero-order valence-corrected chi connectivity index (χ0v) is 12.1. The number of ether oxygens (including phenoxy) is 2. The van der Waals surface area contributed by atoms with Gasteiger partial charge in [0.25, 0.3) is 0 Å². The fraction of sp³-hybridized carbons (Fsp3) is 0.375. The molecule has 5 heteroatoms. The normalized spacial score (nSPS) is 16.3. The van der Waals surface area contributed by atoms with Crippen molar-refractivity contribution in [1.29, 1.82) is 0 Å². The first-order chi connectivity index (χ1) is 10.4. The van der Waals surface area contributed by atoms with E-state index in [4.69, 9.17) is 9.47 Å². The Morgan fingerprint density at radius 1 is 1.33 bits per heavy atom. The lowest BCUT2D eigenvalue weighted by Gasteiger charge is -2.10. The van der Waals surface area contributed by atoms with Crippen molar-refractivity contribution in [2.45, 2.75) is 26.0 Å². The Balaban J connectivity index is 1.64. The van der Waals surface area contributed by atoms with Crippen molar-refractivity contribution in [2.75, 3.05) is 13.2 Å². The molecule has 1 aromatic carbocycles. The van der Waals surface area contributed by atoms with E-state index in [0.29, 0.717) is 19.0 Å². The minimum Gasteiger partial charge on any atom is -0.491 e. The minimum atomic E-state index is 0.284. The maximum atomic E-state index is 5.73. The van der Waals surface area contributed by atoms with Crippen molar-refractivity contribution in [1.82, 2.24) is 15.3 Å². The van der Waals surface area contributed by atoms with E-state index in [1.54, 1.807) is 18.5 Å². The highest BCUT2D eigenvalue weighted by Gasteiger charge is 2.23. The molecular formula is C16H19N3O2. The predicted octanol–water partition coefficient (Wildman–Crippen LogP) is 2.49. The molecular weight excluding hydrogens is 266 g/mol. The van der Waals surface area contributed by atoms with Crippen LogP contribution in [0.25, 0.3) is 0 Å². The fourth-order valence-corrected chi connectivity index (χ4v) is 2.32. The molecule has 1 aromatic heterocycles. The molecule has 21 heavy (non-hydrogen) atoms. The zero-order valence-electron chi connectivity index (χ0n) is 12.1. The summed E-state index contributed by atoms with van der Waals surface area (Å²) in [7, 11) is 0. The Morgan fingerprint density at radius 3 is 3.00 bits per heavy atom. The number of nitrogens with one attached hydrogen (secondary N) is 1. The molecule has 0 spiro atoms. The van der Waals surface area contributed by atoms with E-state index >= 15 is 0 Å². The summed E-state index contributed by atoms with van der Waals surface area (Å²) in [6.07, 6.45) is 4.53. The maximum absolute atomic E-state index is 5.73. The molecule has 0 radical (unpaired) electrons. The second-order valence-electron chi connectivity index (χ2n) is 4.97. The summed E-state index contributed by atoms with van der Waals surface area (Å²) in [4.78, 5) is 8.27. The first-order valence-electron chi connectivity index (χ1n) is 7.25. The average molecular weight is 285 g/mol. The molecule has 0 fully saturated rings. The number of rotatable bonds is 6. The largest absolute Gasteiger partial charge is 0.491 e. The van der Waals surface area contributed by atoms with Crippen molar-refractivity contribution in [3.63, 3.8) is 0 Å². The van der Waals surface area contributed by atoms with Gasteiger partial charge in [0.15, 0.2) is 5.82 Å². The van der Waals surface area contributed by atoms with E-state index in [9.17, 15) is 0 Å². The molecule has 1 atom stereocenters. The quantitative estimate of drug-likeness (QED) is 0.883. The molecule has 0 amide bonds. The van der Waals surface area contributed by atoms with E-state index in [1.165, 1.54) is 5.56 Å². The standard InChI is InChI=1S/C16H19N3O2/c1-2-6-17-14-10-21-15-9-12(4-5-13(14)15)20-11-16-18-7-3-8-19-16/h3-5,7-9,14,17H,2,6,10-11H2,1H3. The van der Waals surface area contributed by atoms with Crippen molar-refractivity contribution < 1.29 is 9.47 Å². The Morgan fingerprint density at radius 2 is 2.19 bits per heavy atom. The number of hydrogen-bond donors (Lipinski definition) is 1. The van der Waals surface area contributed by atoms with Gasteiger partial charge in [0.1, 0.15) is 24.7 Å². The van der Waals surface area contributed by atoms with Gasteiger partial charge in [-0.15, -0.1) is 0 Å². The highest BCUT2D eigenvalue weighted by molar-refractivity contribution is 5.45. The van der Waals surface area contributed by atoms with E-state index in [-0.39, 0.29) is 6.04 Å². The van der Waals surface area contributed by atoms with Gasteiger partial charge < -0.3 is 14.8 Å². The predicted molar refractivity (Wildman–Crippen MR) is 79.3 cm³/mol. The Hall–Kier alpha value is -2.14. The second-order valence-corrected chi connectivity index (χ2v) is 4.97. The lowest BCUT2D eigenvalue weighted by molar-refractivity contribution is 0.290. The van der Waals surface area contributed by atoms with E-state index < -0.39 is 0 Å². The lowest BCUT2D eigenvalue weighted by atomic mass is 10.1. The molecule has 1 aliphatic heterocycles. The van der Waals surface area contributed by atoms with Gasteiger partial charge in [-0.1, -0.05) is 6.92 Å². The van der Waals surface area contributed by atoms with E-state index in [1.807, 2.05) is 12.1 Å². The summed E-state index contributed by atoms with van der Waals surface area (Å²) in [5, 5.41) is 3.48. The van der Waals surface area contributed by atoms with Crippen molar-refractivity contribution >= 4 is 0 Å². The third-order valence-corrected chi connectivity index (χ3v) is 3.39. The van der Waals surface area contributed by atoms with Crippen LogP contribution >= 0.6 is 0 Å². The van der Waals surface area contributed by atoms with Crippen LogP contribution in [0, 0.1) is 0 Å². The highest BCUT2D eigenvalue weighted by Crippen LogP contribution is 2.35. The van der Waals surface area contributed by atoms with Crippen molar-refractivity contribution in [3.05, 3.63) is 48.0 Å². The molecule has 110 valence electrons. The number of fused-ring (bicyclic) bond motifs is 1. The zero-order chi connectivity index (χ0) is 14.5. The lowest BCUT2D eigenvalue weighted by Crippen LogP contribution is -2.22. The summed E-state index contributed by atoms with van der Waals surface area (Å²) in [6, 6.07) is 8.04.